The first-order chi connectivity index (χ1) is 8.94. The van der Waals surface area contributed by atoms with E-state index < -0.39 is 5.54 Å². The molecule has 1 aromatic rings. The normalized spacial score (nSPS) is 17.2. The minimum Gasteiger partial charge on any atom is -0.391 e. The third-order valence-corrected chi connectivity index (χ3v) is 4.30. The highest BCUT2D eigenvalue weighted by Gasteiger charge is 2.38. The maximum absolute atomic E-state index is 12.4. The third-order valence-electron chi connectivity index (χ3n) is 3.91. The van der Waals surface area contributed by atoms with Gasteiger partial charge >= 0.3 is 0 Å². The Labute approximate surface area is 119 Å². The number of thiocarbonyl (C=S) groups is 1. The lowest BCUT2D eigenvalue weighted by Gasteiger charge is -2.29. The Hall–Kier alpha value is -1.42. The van der Waals surface area contributed by atoms with Crippen LogP contribution in [0.5, 0.6) is 0 Å². The van der Waals surface area contributed by atoms with Gasteiger partial charge < -0.3 is 11.1 Å². The molecule has 0 heterocycles. The van der Waals surface area contributed by atoms with Crippen LogP contribution in [0.25, 0.3) is 0 Å². The molecule has 0 atom stereocenters. The number of rotatable bonds is 3. The molecule has 1 aromatic carbocycles. The molecule has 1 saturated carbocycles. The first-order valence-corrected chi connectivity index (χ1v) is 7.05. The zero-order valence-corrected chi connectivity index (χ0v) is 12.3. The van der Waals surface area contributed by atoms with Gasteiger partial charge in [0.05, 0.1) is 10.5 Å². The Kier molecular flexibility index (Phi) is 3.90. The van der Waals surface area contributed by atoms with Gasteiger partial charge in [0, 0.05) is 5.56 Å². The molecule has 0 aliphatic heterocycles. The number of hydrogen-bond acceptors (Lipinski definition) is 2. The monoisotopic (exact) mass is 276 g/mol. The number of amides is 1. The van der Waals surface area contributed by atoms with E-state index in [0.29, 0.717) is 10.6 Å². The van der Waals surface area contributed by atoms with Crippen molar-refractivity contribution in [1.82, 2.24) is 5.32 Å². The van der Waals surface area contributed by atoms with E-state index in [4.69, 9.17) is 18.0 Å². The molecule has 0 radical (unpaired) electrons. The number of nitrogens with one attached hydrogen (secondary N) is 1. The van der Waals surface area contributed by atoms with Gasteiger partial charge in [0.2, 0.25) is 0 Å². The Morgan fingerprint density at radius 1 is 1.32 bits per heavy atom. The second-order valence-electron chi connectivity index (χ2n) is 5.43. The second-order valence-corrected chi connectivity index (χ2v) is 5.87. The van der Waals surface area contributed by atoms with Crippen molar-refractivity contribution >= 4 is 23.1 Å². The molecule has 1 amide bonds. The van der Waals surface area contributed by atoms with Gasteiger partial charge in [-0.2, -0.15) is 0 Å². The van der Waals surface area contributed by atoms with Gasteiger partial charge in [-0.3, -0.25) is 4.79 Å². The average Bonchev–Trinajstić information content (AvgIpc) is 2.78. The summed E-state index contributed by atoms with van der Waals surface area (Å²) in [6, 6.07) is 5.82. The zero-order chi connectivity index (χ0) is 14.0. The van der Waals surface area contributed by atoms with E-state index in [1.54, 1.807) is 0 Å². The van der Waals surface area contributed by atoms with Gasteiger partial charge in [-0.1, -0.05) is 42.8 Å². The number of carbonyl (C=O) groups is 1. The number of benzene rings is 1. The molecule has 0 aromatic heterocycles. The maximum Gasteiger partial charge on any atom is 0.252 e. The summed E-state index contributed by atoms with van der Waals surface area (Å²) in [6.07, 6.45) is 3.81. The van der Waals surface area contributed by atoms with E-state index >= 15 is 0 Å². The second kappa shape index (κ2) is 5.29. The minimum atomic E-state index is -0.482. The molecule has 1 aliphatic rings. The zero-order valence-electron chi connectivity index (χ0n) is 11.5. The fraction of sp³-hybridized carbons (Fsp3) is 0.467. The molecule has 1 aliphatic carbocycles. The number of aryl methyl sites for hydroxylation is 2. The summed E-state index contributed by atoms with van der Waals surface area (Å²) in [5, 5.41) is 3.06. The molecular weight excluding hydrogens is 256 g/mol. The van der Waals surface area contributed by atoms with Crippen LogP contribution in [0.2, 0.25) is 0 Å². The average molecular weight is 276 g/mol. The van der Waals surface area contributed by atoms with Crippen LogP contribution in [0.15, 0.2) is 18.2 Å². The standard InChI is InChI=1S/C15H20N2OS/c1-10-5-6-12(11(2)9-10)13(18)17-15(14(16)19)7-3-4-8-15/h5-6,9H,3-4,7-8H2,1-2H3,(H2,16,19)(H,17,18). The quantitative estimate of drug-likeness (QED) is 0.834. The van der Waals surface area contributed by atoms with Crippen molar-refractivity contribution < 1.29 is 4.79 Å². The summed E-state index contributed by atoms with van der Waals surface area (Å²) in [5.41, 5.74) is 8.19. The maximum atomic E-state index is 12.4. The van der Waals surface area contributed by atoms with Crippen molar-refractivity contribution in [2.24, 2.45) is 5.73 Å². The molecule has 2 rings (SSSR count). The number of carbonyl (C=O) groups excluding carboxylic acids is 1. The van der Waals surface area contributed by atoms with E-state index in [1.807, 2.05) is 32.0 Å². The predicted molar refractivity (Wildman–Crippen MR) is 81.4 cm³/mol. The van der Waals surface area contributed by atoms with Gasteiger partial charge in [0.1, 0.15) is 0 Å². The van der Waals surface area contributed by atoms with Crippen molar-refractivity contribution in [3.63, 3.8) is 0 Å². The smallest absolute Gasteiger partial charge is 0.252 e. The number of hydrogen-bond donors (Lipinski definition) is 2. The molecule has 4 heteroatoms. The van der Waals surface area contributed by atoms with Crippen molar-refractivity contribution in [2.45, 2.75) is 45.1 Å². The van der Waals surface area contributed by atoms with Crippen LogP contribution in [0.1, 0.15) is 47.2 Å². The lowest BCUT2D eigenvalue weighted by molar-refractivity contribution is 0.0924. The molecule has 0 unspecified atom stereocenters. The largest absolute Gasteiger partial charge is 0.391 e. The molecule has 3 nitrogen and oxygen atoms in total. The van der Waals surface area contributed by atoms with Crippen LogP contribution >= 0.6 is 12.2 Å². The Morgan fingerprint density at radius 2 is 1.95 bits per heavy atom. The molecule has 1 fully saturated rings. The third kappa shape index (κ3) is 2.78. The highest BCUT2D eigenvalue weighted by Crippen LogP contribution is 2.30. The predicted octanol–water partition coefficient (Wildman–Crippen LogP) is 2.63. The topological polar surface area (TPSA) is 55.1 Å². The summed E-state index contributed by atoms with van der Waals surface area (Å²) in [7, 11) is 0. The van der Waals surface area contributed by atoms with E-state index in [0.717, 1.165) is 36.8 Å². The van der Waals surface area contributed by atoms with E-state index in [9.17, 15) is 4.79 Å². The molecule has 19 heavy (non-hydrogen) atoms. The van der Waals surface area contributed by atoms with Crippen LogP contribution in [0.4, 0.5) is 0 Å². The van der Waals surface area contributed by atoms with Gasteiger partial charge in [-0.25, -0.2) is 0 Å². The summed E-state index contributed by atoms with van der Waals surface area (Å²) >= 11 is 5.15. The summed E-state index contributed by atoms with van der Waals surface area (Å²) in [4.78, 5) is 12.8. The number of nitrogens with two attached hydrogens (primary N) is 1. The van der Waals surface area contributed by atoms with E-state index in [2.05, 4.69) is 5.32 Å². The molecule has 0 bridgehead atoms. The van der Waals surface area contributed by atoms with Crippen molar-refractivity contribution in [3.05, 3.63) is 34.9 Å². The van der Waals surface area contributed by atoms with Crippen molar-refractivity contribution in [1.29, 1.82) is 0 Å². The lowest BCUT2D eigenvalue weighted by atomic mass is 9.96. The molecule has 102 valence electrons. The van der Waals surface area contributed by atoms with E-state index in [1.165, 1.54) is 0 Å². The minimum absolute atomic E-state index is 0.0767. The highest BCUT2D eigenvalue weighted by atomic mass is 32.1. The van der Waals surface area contributed by atoms with E-state index in [-0.39, 0.29) is 5.91 Å². The summed E-state index contributed by atoms with van der Waals surface area (Å²) in [5.74, 6) is -0.0767. The fourth-order valence-corrected chi connectivity index (χ4v) is 3.02. The summed E-state index contributed by atoms with van der Waals surface area (Å²) in [6.45, 7) is 3.96. The van der Waals surface area contributed by atoms with Crippen molar-refractivity contribution in [3.8, 4) is 0 Å². The SMILES string of the molecule is Cc1ccc(C(=O)NC2(C(N)=S)CCCC2)c(C)c1. The highest BCUT2D eigenvalue weighted by molar-refractivity contribution is 7.80. The van der Waals surface area contributed by atoms with Gasteiger partial charge in [0.25, 0.3) is 5.91 Å². The van der Waals surface area contributed by atoms with Crippen LogP contribution in [0, 0.1) is 13.8 Å². The first kappa shape index (κ1) is 14.0. The fourth-order valence-electron chi connectivity index (χ4n) is 2.76. The molecule has 0 saturated heterocycles. The van der Waals surface area contributed by atoms with Crippen LogP contribution < -0.4 is 11.1 Å². The van der Waals surface area contributed by atoms with Crippen LogP contribution in [0.3, 0.4) is 0 Å². The lowest BCUT2D eigenvalue weighted by Crippen LogP contribution is -2.54. The Bertz CT molecular complexity index is 519. The summed E-state index contributed by atoms with van der Waals surface area (Å²) < 4.78 is 0. The van der Waals surface area contributed by atoms with Gasteiger partial charge in [0.15, 0.2) is 0 Å². The molecular formula is C15H20N2OS. The Morgan fingerprint density at radius 3 is 2.47 bits per heavy atom. The Balaban J connectivity index is 2.22. The molecule has 3 N–H and O–H groups in total. The van der Waals surface area contributed by atoms with Gasteiger partial charge in [-0.15, -0.1) is 0 Å². The van der Waals surface area contributed by atoms with Gasteiger partial charge in [-0.05, 0) is 38.3 Å². The van der Waals surface area contributed by atoms with Crippen LogP contribution in [-0.4, -0.2) is 16.4 Å². The first-order valence-electron chi connectivity index (χ1n) is 6.64. The van der Waals surface area contributed by atoms with Crippen molar-refractivity contribution in [2.75, 3.05) is 0 Å². The van der Waals surface area contributed by atoms with Crippen LogP contribution in [-0.2, 0) is 0 Å². The molecule has 0 spiro atoms.